The normalized spacial score (nSPS) is 22.5. The Morgan fingerprint density at radius 3 is 2.92 bits per heavy atom. The van der Waals surface area contributed by atoms with E-state index in [1.165, 1.54) is 32.1 Å². The molecule has 2 heterocycles. The Labute approximate surface area is 143 Å². The SMILES string of the molecule is C#CCNC(=O)c1ccc(NC2CCOC3(CCCCC3)C2)nc1. The number of nitrogens with one attached hydrogen (secondary N) is 2. The van der Waals surface area contributed by atoms with Crippen molar-refractivity contribution in [1.29, 1.82) is 0 Å². The first-order chi connectivity index (χ1) is 11.7. The number of nitrogens with zero attached hydrogens (tertiary/aromatic N) is 1. The lowest BCUT2D eigenvalue weighted by Crippen LogP contribution is -2.45. The highest BCUT2D eigenvalue weighted by molar-refractivity contribution is 5.94. The number of terminal acetylenes is 1. The zero-order chi connectivity index (χ0) is 16.8. The minimum absolute atomic E-state index is 0.0726. The maximum Gasteiger partial charge on any atom is 0.253 e. The van der Waals surface area contributed by atoms with Gasteiger partial charge in [0.1, 0.15) is 5.82 Å². The van der Waals surface area contributed by atoms with E-state index in [2.05, 4.69) is 21.5 Å². The number of hydrogen-bond donors (Lipinski definition) is 2. The number of hydrogen-bond acceptors (Lipinski definition) is 4. The molecule has 2 fully saturated rings. The molecule has 1 saturated heterocycles. The summed E-state index contributed by atoms with van der Waals surface area (Å²) in [5, 5.41) is 6.14. The molecule has 1 aromatic heterocycles. The third kappa shape index (κ3) is 4.07. The average molecular weight is 327 g/mol. The Kier molecular flexibility index (Phi) is 5.37. The Morgan fingerprint density at radius 1 is 1.38 bits per heavy atom. The molecule has 1 unspecified atom stereocenters. The smallest absolute Gasteiger partial charge is 0.253 e. The van der Waals surface area contributed by atoms with Crippen LogP contribution in [0.15, 0.2) is 18.3 Å². The molecule has 1 amide bonds. The Bertz CT molecular complexity index is 595. The molecule has 1 saturated carbocycles. The van der Waals surface area contributed by atoms with Crippen LogP contribution < -0.4 is 10.6 Å². The summed E-state index contributed by atoms with van der Waals surface area (Å²) in [5.41, 5.74) is 0.593. The quantitative estimate of drug-likeness (QED) is 0.835. The first-order valence-electron chi connectivity index (χ1n) is 8.79. The summed E-state index contributed by atoms with van der Waals surface area (Å²) in [4.78, 5) is 16.2. The van der Waals surface area contributed by atoms with Crippen LogP contribution in [0.2, 0.25) is 0 Å². The largest absolute Gasteiger partial charge is 0.375 e. The van der Waals surface area contributed by atoms with E-state index in [-0.39, 0.29) is 18.1 Å². The summed E-state index contributed by atoms with van der Waals surface area (Å²) in [5.74, 6) is 3.00. The van der Waals surface area contributed by atoms with E-state index in [1.54, 1.807) is 12.3 Å². The van der Waals surface area contributed by atoms with Gasteiger partial charge in [0, 0.05) is 18.8 Å². The number of amides is 1. The number of pyridine rings is 1. The second-order valence-corrected chi connectivity index (χ2v) is 6.75. The molecule has 0 radical (unpaired) electrons. The van der Waals surface area contributed by atoms with Crippen LogP contribution in [0.4, 0.5) is 5.82 Å². The standard InChI is InChI=1S/C19H25N3O2/c1-2-11-20-18(23)15-6-7-17(21-14-15)22-16-8-12-24-19(13-16)9-4-3-5-10-19/h1,6-7,14,16H,3-5,8-13H2,(H,20,23)(H,21,22). The maximum atomic E-state index is 11.8. The molecule has 0 bridgehead atoms. The molecule has 1 aliphatic carbocycles. The van der Waals surface area contributed by atoms with E-state index in [0.717, 1.165) is 25.3 Å². The van der Waals surface area contributed by atoms with Crippen molar-refractivity contribution in [2.45, 2.75) is 56.6 Å². The lowest BCUT2D eigenvalue weighted by molar-refractivity contribution is -0.103. The van der Waals surface area contributed by atoms with Gasteiger partial charge in [0.05, 0.1) is 17.7 Å². The van der Waals surface area contributed by atoms with Crippen molar-refractivity contribution in [2.24, 2.45) is 0 Å². The van der Waals surface area contributed by atoms with Crippen molar-refractivity contribution in [2.75, 3.05) is 18.5 Å². The molecular formula is C19H25N3O2. The van der Waals surface area contributed by atoms with E-state index in [9.17, 15) is 4.79 Å². The molecule has 1 atom stereocenters. The van der Waals surface area contributed by atoms with Crippen molar-refractivity contribution in [3.63, 3.8) is 0 Å². The van der Waals surface area contributed by atoms with Crippen LogP contribution in [0, 0.1) is 12.3 Å². The van der Waals surface area contributed by atoms with Crippen molar-refractivity contribution in [3.8, 4) is 12.3 Å². The summed E-state index contributed by atoms with van der Waals surface area (Å²) >= 11 is 0. The third-order valence-corrected chi connectivity index (χ3v) is 4.99. The summed E-state index contributed by atoms with van der Waals surface area (Å²) in [6.45, 7) is 1.03. The fourth-order valence-electron chi connectivity index (χ4n) is 3.75. The highest BCUT2D eigenvalue weighted by atomic mass is 16.5. The van der Waals surface area contributed by atoms with Gasteiger partial charge in [-0.25, -0.2) is 4.98 Å². The number of aromatic nitrogens is 1. The Morgan fingerprint density at radius 2 is 2.21 bits per heavy atom. The molecule has 5 nitrogen and oxygen atoms in total. The minimum atomic E-state index is -0.195. The van der Waals surface area contributed by atoms with Gasteiger partial charge in [-0.1, -0.05) is 25.2 Å². The minimum Gasteiger partial charge on any atom is -0.375 e. The molecule has 1 spiro atoms. The van der Waals surface area contributed by atoms with Gasteiger partial charge in [-0.2, -0.15) is 0 Å². The van der Waals surface area contributed by atoms with Crippen molar-refractivity contribution in [1.82, 2.24) is 10.3 Å². The summed E-state index contributed by atoms with van der Waals surface area (Å²) in [7, 11) is 0. The van der Waals surface area contributed by atoms with Gasteiger partial charge in [-0.15, -0.1) is 6.42 Å². The predicted molar refractivity (Wildman–Crippen MR) is 93.8 cm³/mol. The van der Waals surface area contributed by atoms with Crippen LogP contribution in [0.5, 0.6) is 0 Å². The first-order valence-corrected chi connectivity index (χ1v) is 8.79. The summed E-state index contributed by atoms with van der Waals surface area (Å²) < 4.78 is 6.13. The van der Waals surface area contributed by atoms with Gasteiger partial charge in [-0.3, -0.25) is 4.79 Å². The van der Waals surface area contributed by atoms with Crippen molar-refractivity contribution < 1.29 is 9.53 Å². The Balaban J connectivity index is 1.57. The topological polar surface area (TPSA) is 63.2 Å². The van der Waals surface area contributed by atoms with Crippen LogP contribution in [-0.4, -0.2) is 35.7 Å². The molecule has 2 N–H and O–H groups in total. The third-order valence-electron chi connectivity index (χ3n) is 4.99. The van der Waals surface area contributed by atoms with Crippen molar-refractivity contribution >= 4 is 11.7 Å². The molecule has 5 heteroatoms. The zero-order valence-electron chi connectivity index (χ0n) is 14.0. The summed E-state index contributed by atoms with van der Waals surface area (Å²) in [6.07, 6.45) is 15.0. The highest BCUT2D eigenvalue weighted by Crippen LogP contribution is 2.39. The fraction of sp³-hybridized carbons (Fsp3) is 0.579. The van der Waals surface area contributed by atoms with Crippen LogP contribution in [0.3, 0.4) is 0 Å². The molecular weight excluding hydrogens is 302 g/mol. The number of ether oxygens (including phenoxy) is 1. The fourth-order valence-corrected chi connectivity index (χ4v) is 3.75. The predicted octanol–water partition coefficient (Wildman–Crippen LogP) is 2.74. The molecule has 24 heavy (non-hydrogen) atoms. The lowest BCUT2D eigenvalue weighted by atomic mass is 9.78. The monoisotopic (exact) mass is 327 g/mol. The van der Waals surface area contributed by atoms with Crippen molar-refractivity contribution in [3.05, 3.63) is 23.9 Å². The average Bonchev–Trinajstić information content (AvgIpc) is 2.61. The van der Waals surface area contributed by atoms with Gasteiger partial charge >= 0.3 is 0 Å². The second kappa shape index (κ2) is 7.67. The van der Waals surface area contributed by atoms with E-state index >= 15 is 0 Å². The van der Waals surface area contributed by atoms with Gasteiger partial charge in [-0.05, 0) is 37.8 Å². The Hall–Kier alpha value is -2.06. The van der Waals surface area contributed by atoms with E-state index in [4.69, 9.17) is 11.2 Å². The summed E-state index contributed by atoms with van der Waals surface area (Å²) in [6, 6.07) is 4.01. The molecule has 0 aromatic carbocycles. The van der Waals surface area contributed by atoms with Crippen LogP contribution in [0.1, 0.15) is 55.3 Å². The molecule has 3 rings (SSSR count). The van der Waals surface area contributed by atoms with Gasteiger partial charge in [0.15, 0.2) is 0 Å². The number of anilines is 1. The highest BCUT2D eigenvalue weighted by Gasteiger charge is 2.38. The lowest BCUT2D eigenvalue weighted by Gasteiger charge is -2.43. The molecule has 1 aliphatic heterocycles. The van der Waals surface area contributed by atoms with E-state index < -0.39 is 0 Å². The molecule has 1 aromatic rings. The van der Waals surface area contributed by atoms with E-state index in [0.29, 0.717) is 11.6 Å². The number of rotatable bonds is 4. The second-order valence-electron chi connectivity index (χ2n) is 6.75. The number of carbonyl (C=O) groups is 1. The van der Waals surface area contributed by atoms with Crippen LogP contribution in [0.25, 0.3) is 0 Å². The van der Waals surface area contributed by atoms with Gasteiger partial charge in [0.2, 0.25) is 0 Å². The molecule has 2 aliphatic rings. The van der Waals surface area contributed by atoms with Crippen LogP contribution in [-0.2, 0) is 4.74 Å². The van der Waals surface area contributed by atoms with Gasteiger partial charge in [0.25, 0.3) is 5.91 Å². The maximum absolute atomic E-state index is 11.8. The van der Waals surface area contributed by atoms with Crippen LogP contribution >= 0.6 is 0 Å². The van der Waals surface area contributed by atoms with E-state index in [1.807, 2.05) is 6.07 Å². The van der Waals surface area contributed by atoms with Gasteiger partial charge < -0.3 is 15.4 Å². The first kappa shape index (κ1) is 16.8. The zero-order valence-corrected chi connectivity index (χ0v) is 14.0. The number of carbonyl (C=O) groups excluding carboxylic acids is 1. The molecule has 128 valence electrons.